The van der Waals surface area contributed by atoms with E-state index in [1.807, 2.05) is 6.92 Å². The molecule has 4 heteroatoms. The molecule has 1 atom stereocenters. The number of ether oxygens (including phenoxy) is 1. The van der Waals surface area contributed by atoms with Gasteiger partial charge in [-0.3, -0.25) is 4.90 Å². The highest BCUT2D eigenvalue weighted by Gasteiger charge is 2.23. The number of hydrogen-bond donors (Lipinski definition) is 1. The highest BCUT2D eigenvalue weighted by Crippen LogP contribution is 2.29. The molecule has 0 unspecified atom stereocenters. The summed E-state index contributed by atoms with van der Waals surface area (Å²) in [6.45, 7) is 7.07. The van der Waals surface area contributed by atoms with Crippen molar-refractivity contribution in [1.82, 2.24) is 10.2 Å². The maximum Gasteiger partial charge on any atom is 0.122 e. The first-order valence-electron chi connectivity index (χ1n) is 8.59. The Balaban J connectivity index is 0.00000208. The van der Waals surface area contributed by atoms with Crippen molar-refractivity contribution in [3.8, 4) is 5.75 Å². The SMILES string of the molecule is CCOc1ccccc1C[C@H](c1ccccc1)N1CCNCC1.Cl. The molecule has 0 spiro atoms. The molecule has 0 aliphatic carbocycles. The van der Waals surface area contributed by atoms with Crippen LogP contribution < -0.4 is 10.1 Å². The van der Waals surface area contributed by atoms with Crippen LogP contribution in [-0.2, 0) is 6.42 Å². The quantitative estimate of drug-likeness (QED) is 0.863. The Morgan fingerprint density at radius 1 is 1.00 bits per heavy atom. The van der Waals surface area contributed by atoms with Crippen molar-refractivity contribution in [2.75, 3.05) is 32.8 Å². The lowest BCUT2D eigenvalue weighted by atomic mass is 9.96. The number of nitrogens with one attached hydrogen (secondary N) is 1. The monoisotopic (exact) mass is 346 g/mol. The molecule has 3 rings (SSSR count). The van der Waals surface area contributed by atoms with Crippen LogP contribution in [0.3, 0.4) is 0 Å². The lowest BCUT2D eigenvalue weighted by Gasteiger charge is -2.35. The van der Waals surface area contributed by atoms with E-state index >= 15 is 0 Å². The summed E-state index contributed by atoms with van der Waals surface area (Å²) >= 11 is 0. The molecule has 130 valence electrons. The molecule has 0 radical (unpaired) electrons. The highest BCUT2D eigenvalue weighted by atomic mass is 35.5. The van der Waals surface area contributed by atoms with Crippen LogP contribution in [0.15, 0.2) is 54.6 Å². The summed E-state index contributed by atoms with van der Waals surface area (Å²) in [7, 11) is 0. The van der Waals surface area contributed by atoms with Crippen molar-refractivity contribution in [2.24, 2.45) is 0 Å². The van der Waals surface area contributed by atoms with E-state index in [-0.39, 0.29) is 12.4 Å². The molecule has 3 nitrogen and oxygen atoms in total. The number of hydrogen-bond acceptors (Lipinski definition) is 3. The van der Waals surface area contributed by atoms with Crippen LogP contribution in [0, 0.1) is 0 Å². The molecule has 0 aromatic heterocycles. The van der Waals surface area contributed by atoms with Gasteiger partial charge in [0.15, 0.2) is 0 Å². The molecule has 0 bridgehead atoms. The molecule has 0 saturated carbocycles. The first-order valence-corrected chi connectivity index (χ1v) is 8.59. The molecule has 1 N–H and O–H groups in total. The van der Waals surface area contributed by atoms with Gasteiger partial charge >= 0.3 is 0 Å². The number of halogens is 1. The zero-order valence-corrected chi connectivity index (χ0v) is 15.1. The third-order valence-electron chi connectivity index (χ3n) is 4.46. The van der Waals surface area contributed by atoms with Crippen LogP contribution in [0.5, 0.6) is 5.75 Å². The average molecular weight is 347 g/mol. The summed E-state index contributed by atoms with van der Waals surface area (Å²) in [5, 5.41) is 3.45. The third kappa shape index (κ3) is 4.73. The molecule has 1 saturated heterocycles. The van der Waals surface area contributed by atoms with E-state index in [4.69, 9.17) is 4.74 Å². The maximum absolute atomic E-state index is 5.83. The molecule has 1 aliphatic rings. The van der Waals surface area contributed by atoms with E-state index in [0.29, 0.717) is 12.6 Å². The number of rotatable bonds is 6. The Morgan fingerprint density at radius 2 is 1.67 bits per heavy atom. The van der Waals surface area contributed by atoms with Gasteiger partial charge in [0.2, 0.25) is 0 Å². The van der Waals surface area contributed by atoms with E-state index in [2.05, 4.69) is 64.8 Å². The summed E-state index contributed by atoms with van der Waals surface area (Å²) in [5.74, 6) is 1.02. The summed E-state index contributed by atoms with van der Waals surface area (Å²) in [5.41, 5.74) is 2.68. The zero-order valence-electron chi connectivity index (χ0n) is 14.3. The van der Waals surface area contributed by atoms with Crippen LogP contribution in [0.4, 0.5) is 0 Å². The van der Waals surface area contributed by atoms with Crippen LogP contribution >= 0.6 is 12.4 Å². The Bertz CT molecular complexity index is 600. The molecule has 1 heterocycles. The van der Waals surface area contributed by atoms with Crippen molar-refractivity contribution in [2.45, 2.75) is 19.4 Å². The smallest absolute Gasteiger partial charge is 0.122 e. The normalized spacial score (nSPS) is 16.2. The van der Waals surface area contributed by atoms with Gasteiger partial charge in [0.05, 0.1) is 6.61 Å². The molecule has 1 fully saturated rings. The number of nitrogens with zero attached hydrogens (tertiary/aromatic N) is 1. The molecule has 24 heavy (non-hydrogen) atoms. The van der Waals surface area contributed by atoms with Crippen molar-refractivity contribution in [3.63, 3.8) is 0 Å². The van der Waals surface area contributed by atoms with Crippen LogP contribution in [-0.4, -0.2) is 37.7 Å². The second-order valence-electron chi connectivity index (χ2n) is 5.96. The van der Waals surface area contributed by atoms with Crippen molar-refractivity contribution >= 4 is 12.4 Å². The van der Waals surface area contributed by atoms with Gasteiger partial charge in [-0.15, -0.1) is 12.4 Å². The van der Waals surface area contributed by atoms with Crippen LogP contribution in [0.1, 0.15) is 24.1 Å². The second kappa shape index (κ2) is 9.67. The third-order valence-corrected chi connectivity index (χ3v) is 4.46. The van der Waals surface area contributed by atoms with E-state index in [1.165, 1.54) is 11.1 Å². The minimum atomic E-state index is 0. The summed E-state index contributed by atoms with van der Waals surface area (Å²) in [6, 6.07) is 19.7. The van der Waals surface area contributed by atoms with Gasteiger partial charge < -0.3 is 10.1 Å². The molecule has 1 aliphatic heterocycles. The first-order chi connectivity index (χ1) is 11.4. The standard InChI is InChI=1S/C20H26N2O.ClH/c1-2-23-20-11-7-6-10-18(20)16-19(17-8-4-3-5-9-17)22-14-12-21-13-15-22;/h3-11,19,21H,2,12-16H2,1H3;1H/t19-;/m1./s1. The fraction of sp³-hybridized carbons (Fsp3) is 0.400. The van der Waals surface area contributed by atoms with Crippen LogP contribution in [0.25, 0.3) is 0 Å². The van der Waals surface area contributed by atoms with Gasteiger partial charge in [0.25, 0.3) is 0 Å². The van der Waals surface area contributed by atoms with Crippen molar-refractivity contribution < 1.29 is 4.74 Å². The summed E-state index contributed by atoms with van der Waals surface area (Å²) in [4.78, 5) is 2.59. The Hall–Kier alpha value is -1.55. The van der Waals surface area contributed by atoms with Gasteiger partial charge in [-0.05, 0) is 30.5 Å². The van der Waals surface area contributed by atoms with Crippen LogP contribution in [0.2, 0.25) is 0 Å². The highest BCUT2D eigenvalue weighted by molar-refractivity contribution is 5.85. The van der Waals surface area contributed by atoms with Gasteiger partial charge in [0.1, 0.15) is 5.75 Å². The molecular formula is C20H27ClN2O. The predicted octanol–water partition coefficient (Wildman–Crippen LogP) is 3.70. The number of benzene rings is 2. The fourth-order valence-electron chi connectivity index (χ4n) is 3.30. The molecular weight excluding hydrogens is 320 g/mol. The lowest BCUT2D eigenvalue weighted by Crippen LogP contribution is -2.45. The maximum atomic E-state index is 5.83. The van der Waals surface area contributed by atoms with Gasteiger partial charge in [0, 0.05) is 32.2 Å². The Morgan fingerprint density at radius 3 is 2.38 bits per heavy atom. The topological polar surface area (TPSA) is 24.5 Å². The van der Waals surface area contributed by atoms with Gasteiger partial charge in [-0.25, -0.2) is 0 Å². The minimum Gasteiger partial charge on any atom is -0.494 e. The number of para-hydroxylation sites is 1. The van der Waals surface area contributed by atoms with E-state index in [1.54, 1.807) is 0 Å². The molecule has 2 aromatic carbocycles. The van der Waals surface area contributed by atoms with E-state index in [0.717, 1.165) is 38.3 Å². The average Bonchev–Trinajstić information content (AvgIpc) is 2.63. The van der Waals surface area contributed by atoms with Crippen molar-refractivity contribution in [3.05, 3.63) is 65.7 Å². The first kappa shape index (κ1) is 18.8. The second-order valence-corrected chi connectivity index (χ2v) is 5.96. The van der Waals surface area contributed by atoms with Crippen molar-refractivity contribution in [1.29, 1.82) is 0 Å². The lowest BCUT2D eigenvalue weighted by molar-refractivity contribution is 0.171. The summed E-state index contributed by atoms with van der Waals surface area (Å²) < 4.78 is 5.83. The van der Waals surface area contributed by atoms with Gasteiger partial charge in [-0.2, -0.15) is 0 Å². The summed E-state index contributed by atoms with van der Waals surface area (Å²) in [6.07, 6.45) is 0.986. The van der Waals surface area contributed by atoms with E-state index in [9.17, 15) is 0 Å². The predicted molar refractivity (Wildman–Crippen MR) is 102 cm³/mol. The molecule has 0 amide bonds. The number of piperazine rings is 1. The van der Waals surface area contributed by atoms with Gasteiger partial charge in [-0.1, -0.05) is 48.5 Å². The van der Waals surface area contributed by atoms with E-state index < -0.39 is 0 Å². The zero-order chi connectivity index (χ0) is 15.9. The Labute approximate surface area is 151 Å². The Kier molecular flexibility index (Phi) is 7.57. The largest absolute Gasteiger partial charge is 0.494 e. The minimum absolute atomic E-state index is 0. The molecule has 2 aromatic rings. The fourth-order valence-corrected chi connectivity index (χ4v) is 3.30.